The molecule has 0 spiro atoms. The van der Waals surface area contributed by atoms with Gasteiger partial charge in [-0.2, -0.15) is 0 Å². The van der Waals surface area contributed by atoms with Crippen molar-refractivity contribution in [3.63, 3.8) is 0 Å². The van der Waals surface area contributed by atoms with E-state index in [-0.39, 0.29) is 0 Å². The molecule has 0 amide bonds. The van der Waals surface area contributed by atoms with Crippen LogP contribution in [0.1, 0.15) is 19.3 Å². The number of hydrogen-bond donors (Lipinski definition) is 1. The Bertz CT molecular complexity index is 386. The van der Waals surface area contributed by atoms with Crippen molar-refractivity contribution in [3.8, 4) is 5.75 Å². The van der Waals surface area contributed by atoms with Gasteiger partial charge in [0.1, 0.15) is 5.75 Å². The van der Waals surface area contributed by atoms with Crippen LogP contribution < -0.4 is 15.0 Å². The molecule has 1 aromatic carbocycles. The van der Waals surface area contributed by atoms with Gasteiger partial charge in [0.15, 0.2) is 0 Å². The summed E-state index contributed by atoms with van der Waals surface area (Å²) in [4.78, 5) is 5.07. The van der Waals surface area contributed by atoms with Gasteiger partial charge in [-0.3, -0.25) is 4.90 Å². The summed E-state index contributed by atoms with van der Waals surface area (Å²) in [5, 5.41) is 3.21. The van der Waals surface area contributed by atoms with Crippen LogP contribution in [0.15, 0.2) is 24.3 Å². The Labute approximate surface area is 129 Å². The summed E-state index contributed by atoms with van der Waals surface area (Å²) in [6.45, 7) is 7.01. The topological polar surface area (TPSA) is 27.7 Å². The molecule has 0 atom stereocenters. The lowest BCUT2D eigenvalue weighted by Gasteiger charge is -2.36. The molecule has 1 aromatic rings. The Hall–Kier alpha value is -1.26. The second kappa shape index (κ2) is 8.90. The van der Waals surface area contributed by atoms with Crippen molar-refractivity contribution in [2.75, 3.05) is 58.3 Å². The van der Waals surface area contributed by atoms with Crippen molar-refractivity contribution < 1.29 is 4.74 Å². The van der Waals surface area contributed by atoms with Gasteiger partial charge in [-0.1, -0.05) is 6.42 Å². The van der Waals surface area contributed by atoms with E-state index in [2.05, 4.69) is 27.2 Å². The lowest BCUT2D eigenvalue weighted by atomic mass is 10.2. The first-order valence-electron chi connectivity index (χ1n) is 8.09. The normalized spacial score (nSPS) is 16.2. The molecule has 1 heterocycles. The van der Waals surface area contributed by atoms with E-state index in [1.807, 2.05) is 19.2 Å². The van der Waals surface area contributed by atoms with Crippen molar-refractivity contribution in [2.45, 2.75) is 19.3 Å². The number of anilines is 1. The second-order valence-corrected chi connectivity index (χ2v) is 5.69. The number of ether oxygens (including phenoxy) is 1. The van der Waals surface area contributed by atoms with E-state index >= 15 is 0 Å². The predicted octanol–water partition coefficient (Wildman–Crippen LogP) is 2.21. The monoisotopic (exact) mass is 291 g/mol. The number of piperazine rings is 1. The number of hydrogen-bond acceptors (Lipinski definition) is 4. The van der Waals surface area contributed by atoms with Gasteiger partial charge in [0, 0.05) is 31.9 Å². The molecule has 0 aromatic heterocycles. The van der Waals surface area contributed by atoms with E-state index in [0.717, 1.165) is 25.4 Å². The zero-order chi connectivity index (χ0) is 14.9. The molecular weight excluding hydrogens is 262 g/mol. The van der Waals surface area contributed by atoms with Crippen LogP contribution in [0.2, 0.25) is 0 Å². The third-order valence-corrected chi connectivity index (χ3v) is 4.21. The van der Waals surface area contributed by atoms with Crippen LogP contribution in [-0.2, 0) is 0 Å². The van der Waals surface area contributed by atoms with Crippen LogP contribution in [0.25, 0.3) is 0 Å². The summed E-state index contributed by atoms with van der Waals surface area (Å²) in [6, 6.07) is 8.41. The van der Waals surface area contributed by atoms with E-state index in [0.29, 0.717) is 0 Å². The van der Waals surface area contributed by atoms with Gasteiger partial charge >= 0.3 is 0 Å². The Morgan fingerprint density at radius 1 is 1.00 bits per heavy atom. The smallest absolute Gasteiger partial charge is 0.119 e. The number of unbranched alkanes of at least 4 members (excludes halogenated alkanes) is 2. The minimum absolute atomic E-state index is 0.930. The second-order valence-electron chi connectivity index (χ2n) is 5.69. The summed E-state index contributed by atoms with van der Waals surface area (Å²) in [7, 11) is 3.74. The van der Waals surface area contributed by atoms with Crippen LogP contribution in [0.3, 0.4) is 0 Å². The zero-order valence-electron chi connectivity index (χ0n) is 13.5. The van der Waals surface area contributed by atoms with Crippen molar-refractivity contribution >= 4 is 5.69 Å². The first-order valence-corrected chi connectivity index (χ1v) is 8.09. The number of nitrogens with one attached hydrogen (secondary N) is 1. The summed E-state index contributed by atoms with van der Waals surface area (Å²) >= 11 is 0. The fraction of sp³-hybridized carbons (Fsp3) is 0.647. The number of nitrogens with zero attached hydrogens (tertiary/aromatic N) is 2. The van der Waals surface area contributed by atoms with Gasteiger partial charge in [0.05, 0.1) is 7.11 Å². The lowest BCUT2D eigenvalue weighted by molar-refractivity contribution is 0.252. The molecule has 1 aliphatic heterocycles. The highest BCUT2D eigenvalue weighted by molar-refractivity contribution is 5.49. The quantitative estimate of drug-likeness (QED) is 0.743. The first-order chi connectivity index (χ1) is 10.3. The van der Waals surface area contributed by atoms with Crippen molar-refractivity contribution in [3.05, 3.63) is 24.3 Å². The molecule has 1 fully saturated rings. The van der Waals surface area contributed by atoms with Gasteiger partial charge in [0.25, 0.3) is 0 Å². The standard InChI is InChI=1S/C17H29N3O/c1-18-10-4-3-5-11-19-12-14-20(15-13-19)16-6-8-17(21-2)9-7-16/h6-9,18H,3-5,10-15H2,1-2H3. The molecule has 0 unspecified atom stereocenters. The summed E-state index contributed by atoms with van der Waals surface area (Å²) in [5.41, 5.74) is 1.31. The number of rotatable bonds is 8. The number of benzene rings is 1. The van der Waals surface area contributed by atoms with E-state index in [9.17, 15) is 0 Å². The highest BCUT2D eigenvalue weighted by atomic mass is 16.5. The van der Waals surface area contributed by atoms with Gasteiger partial charge in [0.2, 0.25) is 0 Å². The molecule has 0 aliphatic carbocycles. The SMILES string of the molecule is CNCCCCCN1CCN(c2ccc(OC)cc2)CC1. The average Bonchev–Trinajstić information content (AvgIpc) is 2.55. The van der Waals surface area contributed by atoms with Gasteiger partial charge in [-0.25, -0.2) is 0 Å². The van der Waals surface area contributed by atoms with Crippen LogP contribution in [-0.4, -0.2) is 58.3 Å². The molecule has 0 bridgehead atoms. The zero-order valence-corrected chi connectivity index (χ0v) is 13.5. The first kappa shape index (κ1) is 16.1. The Balaban J connectivity index is 1.67. The van der Waals surface area contributed by atoms with Gasteiger partial charge in [-0.15, -0.1) is 0 Å². The average molecular weight is 291 g/mol. The molecular formula is C17H29N3O. The number of methoxy groups -OCH3 is 1. The van der Waals surface area contributed by atoms with E-state index in [4.69, 9.17) is 4.74 Å². The molecule has 2 rings (SSSR count). The summed E-state index contributed by atoms with van der Waals surface area (Å²) in [6.07, 6.45) is 3.95. The summed E-state index contributed by atoms with van der Waals surface area (Å²) < 4.78 is 5.21. The molecule has 21 heavy (non-hydrogen) atoms. The molecule has 4 heteroatoms. The highest BCUT2D eigenvalue weighted by Gasteiger charge is 2.16. The predicted molar refractivity (Wildman–Crippen MR) is 89.4 cm³/mol. The minimum Gasteiger partial charge on any atom is -0.497 e. The van der Waals surface area contributed by atoms with Crippen molar-refractivity contribution in [2.24, 2.45) is 0 Å². The lowest BCUT2D eigenvalue weighted by Crippen LogP contribution is -2.46. The highest BCUT2D eigenvalue weighted by Crippen LogP contribution is 2.20. The third kappa shape index (κ3) is 5.21. The fourth-order valence-electron chi connectivity index (χ4n) is 2.84. The fourth-order valence-corrected chi connectivity index (χ4v) is 2.84. The van der Waals surface area contributed by atoms with E-state index in [1.165, 1.54) is 44.6 Å². The van der Waals surface area contributed by atoms with Gasteiger partial charge < -0.3 is 15.0 Å². The van der Waals surface area contributed by atoms with Crippen molar-refractivity contribution in [1.29, 1.82) is 0 Å². The van der Waals surface area contributed by atoms with Gasteiger partial charge in [-0.05, 0) is 57.2 Å². The molecule has 1 N–H and O–H groups in total. The Morgan fingerprint density at radius 3 is 2.33 bits per heavy atom. The maximum Gasteiger partial charge on any atom is 0.119 e. The molecule has 1 aliphatic rings. The van der Waals surface area contributed by atoms with Crippen LogP contribution in [0.4, 0.5) is 5.69 Å². The summed E-state index contributed by atoms with van der Waals surface area (Å²) in [5.74, 6) is 0.930. The largest absolute Gasteiger partial charge is 0.497 e. The van der Waals surface area contributed by atoms with Crippen molar-refractivity contribution in [1.82, 2.24) is 10.2 Å². The minimum atomic E-state index is 0.930. The van der Waals surface area contributed by atoms with E-state index < -0.39 is 0 Å². The molecule has 118 valence electrons. The third-order valence-electron chi connectivity index (χ3n) is 4.21. The van der Waals surface area contributed by atoms with Crippen LogP contribution in [0, 0.1) is 0 Å². The molecule has 0 saturated carbocycles. The maximum atomic E-state index is 5.21. The van der Waals surface area contributed by atoms with E-state index in [1.54, 1.807) is 7.11 Å². The maximum absolute atomic E-state index is 5.21. The Kier molecular flexibility index (Phi) is 6.83. The molecule has 4 nitrogen and oxygen atoms in total. The van der Waals surface area contributed by atoms with Crippen LogP contribution >= 0.6 is 0 Å². The van der Waals surface area contributed by atoms with Crippen LogP contribution in [0.5, 0.6) is 5.75 Å². The Morgan fingerprint density at radius 2 is 1.71 bits per heavy atom. The molecule has 0 radical (unpaired) electrons. The molecule has 1 saturated heterocycles.